The molecule has 1 atom stereocenters. The number of nitrogens with zero attached hydrogens (tertiary/aromatic N) is 3. The number of carbonyl (C=O) groups excluding carboxylic acids is 2. The van der Waals surface area contributed by atoms with Gasteiger partial charge in [0.1, 0.15) is 22.5 Å². The molecule has 0 radical (unpaired) electrons. The second-order valence-electron chi connectivity index (χ2n) is 9.82. The highest BCUT2D eigenvalue weighted by atomic mass is 16.6. The molecule has 1 aliphatic rings. The molecule has 31 heavy (non-hydrogen) atoms. The van der Waals surface area contributed by atoms with Gasteiger partial charge in [0, 0.05) is 25.7 Å². The number of ether oxygens (including phenoxy) is 2. The molecule has 1 aromatic carbocycles. The van der Waals surface area contributed by atoms with Crippen LogP contribution >= 0.6 is 0 Å². The van der Waals surface area contributed by atoms with Gasteiger partial charge in [-0.2, -0.15) is 4.98 Å². The van der Waals surface area contributed by atoms with Gasteiger partial charge in [-0.05, 0) is 66.0 Å². The number of anilines is 1. The quantitative estimate of drug-likeness (QED) is 0.758. The van der Waals surface area contributed by atoms with Crippen molar-refractivity contribution >= 4 is 29.3 Å². The van der Waals surface area contributed by atoms with E-state index in [1.807, 2.05) is 20.8 Å². The maximum atomic E-state index is 12.9. The molecule has 1 fully saturated rings. The molecule has 9 heteroatoms. The average molecular weight is 434 g/mol. The molecule has 0 bridgehead atoms. The summed E-state index contributed by atoms with van der Waals surface area (Å²) < 4.78 is 16.8. The van der Waals surface area contributed by atoms with Gasteiger partial charge in [-0.1, -0.05) is 0 Å². The van der Waals surface area contributed by atoms with Crippen molar-refractivity contribution in [2.45, 2.75) is 59.2 Å². The molecular formula is C22H31N3O6. The highest BCUT2D eigenvalue weighted by Crippen LogP contribution is 2.29. The van der Waals surface area contributed by atoms with Crippen LogP contribution in [-0.4, -0.2) is 58.0 Å². The third-order valence-electron chi connectivity index (χ3n) is 4.58. The van der Waals surface area contributed by atoms with Crippen molar-refractivity contribution < 1.29 is 28.6 Å². The molecule has 0 spiro atoms. The Hall–Kier alpha value is -2.97. The molecule has 0 aliphatic carbocycles. The van der Waals surface area contributed by atoms with Crippen LogP contribution in [0.15, 0.2) is 22.6 Å². The van der Waals surface area contributed by atoms with E-state index in [0.29, 0.717) is 30.6 Å². The first-order valence-corrected chi connectivity index (χ1v) is 10.4. The van der Waals surface area contributed by atoms with Crippen LogP contribution < -0.4 is 4.90 Å². The fourth-order valence-electron chi connectivity index (χ4n) is 3.30. The normalized spacial score (nSPS) is 17.1. The predicted octanol–water partition coefficient (Wildman–Crippen LogP) is 4.53. The number of phenolic OH excluding ortho intramolecular Hbond substituents is 1. The Bertz CT molecular complexity index is 956. The summed E-state index contributed by atoms with van der Waals surface area (Å²) in [6, 6.07) is 4.65. The topological polar surface area (TPSA) is 105 Å². The zero-order valence-corrected chi connectivity index (χ0v) is 19.0. The van der Waals surface area contributed by atoms with Gasteiger partial charge in [-0.15, -0.1) is 0 Å². The Morgan fingerprint density at radius 1 is 1.19 bits per heavy atom. The summed E-state index contributed by atoms with van der Waals surface area (Å²) in [4.78, 5) is 32.7. The van der Waals surface area contributed by atoms with Crippen LogP contribution in [0, 0.1) is 5.92 Å². The van der Waals surface area contributed by atoms with Crippen molar-refractivity contribution in [3.05, 3.63) is 18.2 Å². The standard InChI is InChI=1S/C22H31N3O6/c1-21(2,3)30-19(27)24-10-9-14(12-24)13-25(20(28)31-22(4,5)6)18-23-16-8-7-15(26)11-17(16)29-18/h7-8,11,14,26H,9-10,12-13H2,1-6H3/t14-/m0/s1. The number of likely N-dealkylation sites (tertiary alicyclic amines) is 1. The van der Waals surface area contributed by atoms with E-state index in [-0.39, 0.29) is 30.3 Å². The van der Waals surface area contributed by atoms with Gasteiger partial charge in [0.2, 0.25) is 0 Å². The number of aromatic nitrogens is 1. The number of phenols is 1. The van der Waals surface area contributed by atoms with Gasteiger partial charge in [-0.3, -0.25) is 0 Å². The van der Waals surface area contributed by atoms with E-state index < -0.39 is 17.3 Å². The minimum absolute atomic E-state index is 0.00320. The summed E-state index contributed by atoms with van der Waals surface area (Å²) in [6.07, 6.45) is -0.241. The van der Waals surface area contributed by atoms with Crippen LogP contribution in [0.3, 0.4) is 0 Å². The summed E-state index contributed by atoms with van der Waals surface area (Å²) in [5, 5.41) is 9.69. The van der Waals surface area contributed by atoms with E-state index in [4.69, 9.17) is 13.9 Å². The van der Waals surface area contributed by atoms with E-state index in [1.54, 1.807) is 31.7 Å². The fourth-order valence-corrected chi connectivity index (χ4v) is 3.30. The second-order valence-corrected chi connectivity index (χ2v) is 9.82. The molecular weight excluding hydrogens is 402 g/mol. The predicted molar refractivity (Wildman–Crippen MR) is 115 cm³/mol. The zero-order valence-electron chi connectivity index (χ0n) is 19.0. The first kappa shape index (κ1) is 22.7. The Balaban J connectivity index is 1.79. The molecule has 0 saturated carbocycles. The van der Waals surface area contributed by atoms with E-state index in [9.17, 15) is 14.7 Å². The van der Waals surface area contributed by atoms with Gasteiger partial charge in [0.05, 0.1) is 0 Å². The minimum atomic E-state index is -0.697. The van der Waals surface area contributed by atoms with E-state index in [2.05, 4.69) is 4.98 Å². The highest BCUT2D eigenvalue weighted by Gasteiger charge is 2.35. The lowest BCUT2D eigenvalue weighted by atomic mass is 10.1. The molecule has 1 aromatic heterocycles. The minimum Gasteiger partial charge on any atom is -0.508 e. The molecule has 1 aliphatic heterocycles. The smallest absolute Gasteiger partial charge is 0.418 e. The van der Waals surface area contributed by atoms with Crippen LogP contribution in [0.2, 0.25) is 0 Å². The number of amides is 2. The van der Waals surface area contributed by atoms with Crippen molar-refractivity contribution in [1.82, 2.24) is 9.88 Å². The summed E-state index contributed by atoms with van der Waals surface area (Å²) in [6.45, 7) is 12.1. The number of rotatable bonds is 3. The Labute approximate surface area is 181 Å². The monoisotopic (exact) mass is 433 g/mol. The van der Waals surface area contributed by atoms with Crippen molar-refractivity contribution in [2.75, 3.05) is 24.5 Å². The van der Waals surface area contributed by atoms with Gasteiger partial charge in [0.15, 0.2) is 5.58 Å². The van der Waals surface area contributed by atoms with Crippen molar-refractivity contribution in [3.63, 3.8) is 0 Å². The summed E-state index contributed by atoms with van der Waals surface area (Å²) in [7, 11) is 0. The van der Waals surface area contributed by atoms with Gasteiger partial charge < -0.3 is 23.9 Å². The summed E-state index contributed by atoms with van der Waals surface area (Å²) >= 11 is 0. The van der Waals surface area contributed by atoms with Crippen molar-refractivity contribution in [2.24, 2.45) is 5.92 Å². The number of benzene rings is 1. The van der Waals surface area contributed by atoms with E-state index in [1.165, 1.54) is 17.0 Å². The SMILES string of the molecule is CC(C)(C)OC(=O)N1CC[C@H](CN(C(=O)OC(C)(C)C)c2nc3ccc(O)cc3o2)C1. The third-order valence-corrected chi connectivity index (χ3v) is 4.58. The highest BCUT2D eigenvalue weighted by molar-refractivity contribution is 5.87. The molecule has 0 unspecified atom stereocenters. The first-order valence-electron chi connectivity index (χ1n) is 10.4. The van der Waals surface area contributed by atoms with Crippen molar-refractivity contribution in [3.8, 4) is 5.75 Å². The molecule has 2 amide bonds. The molecule has 2 aromatic rings. The lowest BCUT2D eigenvalue weighted by Gasteiger charge is -2.27. The maximum absolute atomic E-state index is 12.9. The Morgan fingerprint density at radius 2 is 1.87 bits per heavy atom. The van der Waals surface area contributed by atoms with Crippen LogP contribution in [0.25, 0.3) is 11.1 Å². The number of carbonyl (C=O) groups is 2. The number of fused-ring (bicyclic) bond motifs is 1. The Kier molecular flexibility index (Phi) is 6.07. The van der Waals surface area contributed by atoms with Gasteiger partial charge >= 0.3 is 18.2 Å². The lowest BCUT2D eigenvalue weighted by molar-refractivity contribution is 0.0288. The molecule has 3 rings (SSSR count). The molecule has 170 valence electrons. The Morgan fingerprint density at radius 3 is 2.52 bits per heavy atom. The van der Waals surface area contributed by atoms with Crippen LogP contribution in [-0.2, 0) is 9.47 Å². The average Bonchev–Trinajstić information content (AvgIpc) is 3.22. The number of oxazole rings is 1. The number of hydrogen-bond donors (Lipinski definition) is 1. The second kappa shape index (κ2) is 8.28. The van der Waals surface area contributed by atoms with E-state index in [0.717, 1.165) is 0 Å². The number of aromatic hydroxyl groups is 1. The van der Waals surface area contributed by atoms with Gasteiger partial charge in [0.25, 0.3) is 0 Å². The third kappa shape index (κ3) is 6.02. The molecule has 1 saturated heterocycles. The summed E-state index contributed by atoms with van der Waals surface area (Å²) in [5.74, 6) is 0.0475. The molecule has 1 N–H and O–H groups in total. The largest absolute Gasteiger partial charge is 0.508 e. The maximum Gasteiger partial charge on any atom is 0.418 e. The molecule has 2 heterocycles. The number of hydrogen-bond acceptors (Lipinski definition) is 7. The molecule has 9 nitrogen and oxygen atoms in total. The van der Waals surface area contributed by atoms with Crippen molar-refractivity contribution in [1.29, 1.82) is 0 Å². The lowest BCUT2D eigenvalue weighted by Crippen LogP contribution is -2.41. The van der Waals surface area contributed by atoms with Gasteiger partial charge in [-0.25, -0.2) is 14.5 Å². The first-order chi connectivity index (χ1) is 14.3. The van der Waals surface area contributed by atoms with E-state index >= 15 is 0 Å². The van der Waals surface area contributed by atoms with Crippen LogP contribution in [0.1, 0.15) is 48.0 Å². The summed E-state index contributed by atoms with van der Waals surface area (Å²) in [5.41, 5.74) is -0.382. The van der Waals surface area contributed by atoms with Crippen LogP contribution in [0.4, 0.5) is 15.6 Å². The fraction of sp³-hybridized carbons (Fsp3) is 0.591. The van der Waals surface area contributed by atoms with Crippen LogP contribution in [0.5, 0.6) is 5.75 Å². The zero-order chi connectivity index (χ0) is 23.0.